The minimum absolute atomic E-state index is 0.233. The number of amides is 1. The average Bonchev–Trinajstić information content (AvgIpc) is 2.89. The zero-order valence-corrected chi connectivity index (χ0v) is 11.1. The topological polar surface area (TPSA) is 35.6 Å². The summed E-state index contributed by atoms with van der Waals surface area (Å²) < 4.78 is 0. The van der Waals surface area contributed by atoms with Crippen molar-refractivity contribution >= 4 is 5.91 Å². The van der Waals surface area contributed by atoms with Gasteiger partial charge in [0.2, 0.25) is 5.91 Å². The van der Waals surface area contributed by atoms with Crippen molar-refractivity contribution in [3.05, 3.63) is 0 Å². The lowest BCUT2D eigenvalue weighted by atomic mass is 10.1. The second-order valence-corrected chi connectivity index (χ2v) is 5.57. The smallest absolute Gasteiger partial charge is 0.220 e. The number of hydrogen-bond acceptors (Lipinski definition) is 3. The van der Waals surface area contributed by atoms with E-state index in [0.717, 1.165) is 31.8 Å². The minimum Gasteiger partial charge on any atom is -0.352 e. The van der Waals surface area contributed by atoms with Crippen LogP contribution in [0.5, 0.6) is 0 Å². The van der Waals surface area contributed by atoms with E-state index in [9.17, 15) is 4.79 Å². The van der Waals surface area contributed by atoms with Gasteiger partial charge in [0.15, 0.2) is 0 Å². The maximum Gasteiger partial charge on any atom is 0.220 e. The zero-order valence-electron chi connectivity index (χ0n) is 11.1. The first-order valence-electron chi connectivity index (χ1n) is 6.87. The zero-order chi connectivity index (χ0) is 12.3. The van der Waals surface area contributed by atoms with Crippen molar-refractivity contribution in [3.63, 3.8) is 0 Å². The summed E-state index contributed by atoms with van der Waals surface area (Å²) in [5, 5.41) is 3.06. The van der Waals surface area contributed by atoms with Gasteiger partial charge in [-0.2, -0.15) is 0 Å². The van der Waals surface area contributed by atoms with Crippen LogP contribution in [0.3, 0.4) is 0 Å². The van der Waals surface area contributed by atoms with Crippen LogP contribution in [0.25, 0.3) is 0 Å². The summed E-state index contributed by atoms with van der Waals surface area (Å²) in [6.07, 6.45) is 3.06. The quantitative estimate of drug-likeness (QED) is 0.760. The van der Waals surface area contributed by atoms with E-state index in [1.54, 1.807) is 0 Å². The first-order chi connectivity index (χ1) is 8.17. The number of carbonyl (C=O) groups is 1. The molecule has 2 rings (SSSR count). The lowest BCUT2D eigenvalue weighted by Gasteiger charge is -2.22. The molecule has 2 fully saturated rings. The number of hydrogen-bond donors (Lipinski definition) is 1. The molecule has 2 aliphatic rings. The van der Waals surface area contributed by atoms with Crippen LogP contribution in [0.4, 0.5) is 0 Å². The summed E-state index contributed by atoms with van der Waals surface area (Å²) in [5.74, 6) is 1.05. The van der Waals surface area contributed by atoms with Gasteiger partial charge in [-0.15, -0.1) is 0 Å². The molecule has 4 heteroatoms. The average molecular weight is 239 g/mol. The molecular formula is C13H25N3O. The van der Waals surface area contributed by atoms with Crippen LogP contribution in [0.15, 0.2) is 0 Å². The van der Waals surface area contributed by atoms with Gasteiger partial charge < -0.3 is 15.1 Å². The third-order valence-electron chi connectivity index (χ3n) is 4.04. The highest BCUT2D eigenvalue weighted by molar-refractivity contribution is 5.78. The molecule has 2 atom stereocenters. The Bertz CT molecular complexity index is 269. The first kappa shape index (κ1) is 12.8. The molecule has 98 valence electrons. The second-order valence-electron chi connectivity index (χ2n) is 5.57. The fraction of sp³-hybridized carbons (Fsp3) is 0.923. The molecule has 0 aromatic heterocycles. The van der Waals surface area contributed by atoms with Gasteiger partial charge in [-0.05, 0) is 38.9 Å². The van der Waals surface area contributed by atoms with E-state index in [1.165, 1.54) is 26.1 Å². The molecule has 1 N–H and O–H groups in total. The molecular weight excluding hydrogens is 214 g/mol. The highest BCUT2D eigenvalue weighted by atomic mass is 16.1. The molecule has 0 radical (unpaired) electrons. The Hall–Kier alpha value is -0.610. The summed E-state index contributed by atoms with van der Waals surface area (Å²) in [6.45, 7) is 8.02. The molecule has 0 spiro atoms. The standard InChI is InChI=1S/C13H25N3O/c1-3-15(2)8-11-6-7-16(9-11)10-12-4-5-13(17)14-12/h11-12H,3-10H2,1-2H3,(H,14,17)/t11-,12-/m0/s1. The molecule has 0 aromatic carbocycles. The molecule has 17 heavy (non-hydrogen) atoms. The normalized spacial score (nSPS) is 30.2. The molecule has 2 heterocycles. The molecule has 0 saturated carbocycles. The first-order valence-corrected chi connectivity index (χ1v) is 6.87. The van der Waals surface area contributed by atoms with Crippen molar-refractivity contribution < 1.29 is 4.79 Å². The Kier molecular flexibility index (Phi) is 4.40. The summed E-state index contributed by atoms with van der Waals surface area (Å²) in [5.41, 5.74) is 0. The van der Waals surface area contributed by atoms with Gasteiger partial charge in [0.1, 0.15) is 0 Å². The Morgan fingerprint density at radius 3 is 2.94 bits per heavy atom. The molecule has 0 aliphatic carbocycles. The van der Waals surface area contributed by atoms with Crippen molar-refractivity contribution in [3.8, 4) is 0 Å². The van der Waals surface area contributed by atoms with Crippen LogP contribution < -0.4 is 5.32 Å². The fourth-order valence-corrected chi connectivity index (χ4v) is 2.92. The Morgan fingerprint density at radius 2 is 2.29 bits per heavy atom. The molecule has 4 nitrogen and oxygen atoms in total. The molecule has 0 bridgehead atoms. The highest BCUT2D eigenvalue weighted by Gasteiger charge is 2.28. The summed E-state index contributed by atoms with van der Waals surface area (Å²) in [4.78, 5) is 16.1. The second kappa shape index (κ2) is 5.83. The Labute approximate surface area is 104 Å². The van der Waals surface area contributed by atoms with E-state index in [2.05, 4.69) is 29.1 Å². The number of nitrogens with zero attached hydrogens (tertiary/aromatic N) is 2. The third-order valence-corrected chi connectivity index (χ3v) is 4.04. The van der Waals surface area contributed by atoms with E-state index in [1.807, 2.05) is 0 Å². The van der Waals surface area contributed by atoms with E-state index < -0.39 is 0 Å². The number of rotatable bonds is 5. The minimum atomic E-state index is 0.233. The van der Waals surface area contributed by atoms with Gasteiger partial charge in [0, 0.05) is 32.1 Å². The van der Waals surface area contributed by atoms with Gasteiger partial charge in [-0.3, -0.25) is 4.79 Å². The van der Waals surface area contributed by atoms with Crippen molar-refractivity contribution in [2.75, 3.05) is 39.8 Å². The van der Waals surface area contributed by atoms with Gasteiger partial charge in [-0.25, -0.2) is 0 Å². The maximum absolute atomic E-state index is 11.1. The van der Waals surface area contributed by atoms with Gasteiger partial charge in [0.05, 0.1) is 0 Å². The molecule has 1 amide bonds. The molecule has 0 unspecified atom stereocenters. The summed E-state index contributed by atoms with van der Waals surface area (Å²) in [7, 11) is 2.19. The van der Waals surface area contributed by atoms with Crippen molar-refractivity contribution in [1.29, 1.82) is 0 Å². The Morgan fingerprint density at radius 1 is 1.47 bits per heavy atom. The summed E-state index contributed by atoms with van der Waals surface area (Å²) in [6, 6.07) is 0.408. The molecule has 0 aromatic rings. The van der Waals surface area contributed by atoms with E-state index >= 15 is 0 Å². The van der Waals surface area contributed by atoms with Gasteiger partial charge in [-0.1, -0.05) is 6.92 Å². The van der Waals surface area contributed by atoms with E-state index in [4.69, 9.17) is 0 Å². The summed E-state index contributed by atoms with van der Waals surface area (Å²) >= 11 is 0. The molecule has 2 saturated heterocycles. The monoisotopic (exact) mass is 239 g/mol. The van der Waals surface area contributed by atoms with Crippen molar-refractivity contribution in [1.82, 2.24) is 15.1 Å². The van der Waals surface area contributed by atoms with Gasteiger partial charge >= 0.3 is 0 Å². The van der Waals surface area contributed by atoms with Crippen molar-refractivity contribution in [2.24, 2.45) is 5.92 Å². The van der Waals surface area contributed by atoms with Crippen LogP contribution in [0.1, 0.15) is 26.2 Å². The van der Waals surface area contributed by atoms with Crippen LogP contribution in [-0.2, 0) is 4.79 Å². The predicted molar refractivity (Wildman–Crippen MR) is 68.9 cm³/mol. The lowest BCUT2D eigenvalue weighted by molar-refractivity contribution is -0.119. The van der Waals surface area contributed by atoms with Crippen LogP contribution in [-0.4, -0.2) is 61.5 Å². The lowest BCUT2D eigenvalue weighted by Crippen LogP contribution is -2.38. The van der Waals surface area contributed by atoms with E-state index in [-0.39, 0.29) is 5.91 Å². The largest absolute Gasteiger partial charge is 0.352 e. The van der Waals surface area contributed by atoms with Crippen LogP contribution in [0, 0.1) is 5.92 Å². The van der Waals surface area contributed by atoms with Crippen LogP contribution >= 0.6 is 0 Å². The van der Waals surface area contributed by atoms with Gasteiger partial charge in [0.25, 0.3) is 0 Å². The number of nitrogens with one attached hydrogen (secondary N) is 1. The maximum atomic E-state index is 11.1. The SMILES string of the molecule is CCN(C)C[C@@H]1CCN(C[C@@H]2CCC(=O)N2)C1. The highest BCUT2D eigenvalue weighted by Crippen LogP contribution is 2.19. The fourth-order valence-electron chi connectivity index (χ4n) is 2.92. The van der Waals surface area contributed by atoms with E-state index in [0.29, 0.717) is 6.04 Å². The number of carbonyl (C=O) groups excluding carboxylic acids is 1. The van der Waals surface area contributed by atoms with Crippen molar-refractivity contribution in [2.45, 2.75) is 32.2 Å². The number of likely N-dealkylation sites (tertiary alicyclic amines) is 1. The third kappa shape index (κ3) is 3.68. The van der Waals surface area contributed by atoms with Crippen LogP contribution in [0.2, 0.25) is 0 Å². The molecule has 2 aliphatic heterocycles. The predicted octanol–water partition coefficient (Wildman–Crippen LogP) is 0.539. The Balaban J connectivity index is 1.69.